The number of carboxylic acid groups (broad SMARTS) is 1. The second-order valence-corrected chi connectivity index (χ2v) is 2.30. The van der Waals surface area contributed by atoms with Crippen molar-refractivity contribution < 1.29 is 19.5 Å². The van der Waals surface area contributed by atoms with Gasteiger partial charge in [-0.25, -0.2) is 4.79 Å². The highest BCUT2D eigenvalue weighted by Gasteiger charge is 2.20. The molecule has 68 valence electrons. The van der Waals surface area contributed by atoms with Crippen molar-refractivity contribution in [2.75, 3.05) is 13.2 Å². The van der Waals surface area contributed by atoms with Gasteiger partial charge in [0.05, 0.1) is 6.61 Å². The molecule has 0 fully saturated rings. The second-order valence-electron chi connectivity index (χ2n) is 2.30. The van der Waals surface area contributed by atoms with E-state index in [1.54, 1.807) is 0 Å². The van der Waals surface area contributed by atoms with E-state index in [-0.39, 0.29) is 11.8 Å². The topological polar surface area (TPSA) is 67.8 Å². The van der Waals surface area contributed by atoms with E-state index in [1.807, 2.05) is 6.92 Å². The number of hydroxylamine groups is 1. The Kier molecular flexibility index (Phi) is 3.07. The molecule has 0 spiro atoms. The Hall–Kier alpha value is -1.07. The summed E-state index contributed by atoms with van der Waals surface area (Å²) in [5, 5.41) is 8.50. The molecule has 0 aromatic heterocycles. The Morgan fingerprint density at radius 3 is 3.17 bits per heavy atom. The van der Waals surface area contributed by atoms with Gasteiger partial charge < -0.3 is 9.84 Å². The van der Waals surface area contributed by atoms with Gasteiger partial charge >= 0.3 is 5.97 Å². The first-order chi connectivity index (χ1) is 5.74. The van der Waals surface area contributed by atoms with Gasteiger partial charge in [0.2, 0.25) is 0 Å². The molecule has 0 aromatic carbocycles. The van der Waals surface area contributed by atoms with Gasteiger partial charge in [-0.3, -0.25) is 10.3 Å². The predicted octanol–water partition coefficient (Wildman–Crippen LogP) is -0.105. The van der Waals surface area contributed by atoms with Crippen molar-refractivity contribution in [1.29, 1.82) is 0 Å². The van der Waals surface area contributed by atoms with Crippen molar-refractivity contribution >= 4 is 5.97 Å². The standard InChI is InChI=1S/C7H11NO4/c1-2-11-4-5-3-6(7(9)10)8-12-5/h3,5,8H,2,4H2,1H3,(H,9,10). The molecular weight excluding hydrogens is 162 g/mol. The van der Waals surface area contributed by atoms with Gasteiger partial charge in [0.1, 0.15) is 11.8 Å². The molecule has 1 heterocycles. The van der Waals surface area contributed by atoms with Crippen molar-refractivity contribution in [3.05, 3.63) is 11.8 Å². The molecule has 5 nitrogen and oxygen atoms in total. The zero-order chi connectivity index (χ0) is 8.97. The third-order valence-corrected chi connectivity index (χ3v) is 1.39. The molecule has 0 radical (unpaired) electrons. The van der Waals surface area contributed by atoms with E-state index >= 15 is 0 Å². The van der Waals surface area contributed by atoms with Crippen LogP contribution in [0.1, 0.15) is 6.92 Å². The van der Waals surface area contributed by atoms with Crippen LogP contribution >= 0.6 is 0 Å². The molecule has 1 aliphatic heterocycles. The maximum atomic E-state index is 10.4. The molecule has 1 atom stereocenters. The Morgan fingerprint density at radius 1 is 1.92 bits per heavy atom. The summed E-state index contributed by atoms with van der Waals surface area (Å²) in [7, 11) is 0. The predicted molar refractivity (Wildman–Crippen MR) is 40.2 cm³/mol. The van der Waals surface area contributed by atoms with E-state index in [2.05, 4.69) is 5.48 Å². The molecule has 5 heteroatoms. The fourth-order valence-corrected chi connectivity index (χ4v) is 0.824. The van der Waals surface area contributed by atoms with Gasteiger partial charge in [-0.1, -0.05) is 0 Å². The average Bonchev–Trinajstić information content (AvgIpc) is 2.48. The first kappa shape index (κ1) is 9.02. The molecule has 12 heavy (non-hydrogen) atoms. The van der Waals surface area contributed by atoms with Gasteiger partial charge in [-0.2, -0.15) is 0 Å². The summed E-state index contributed by atoms with van der Waals surface area (Å²) >= 11 is 0. The highest BCUT2D eigenvalue weighted by Crippen LogP contribution is 2.06. The molecule has 0 aromatic rings. The van der Waals surface area contributed by atoms with Crippen molar-refractivity contribution in [2.24, 2.45) is 0 Å². The minimum absolute atomic E-state index is 0.0692. The Bertz CT molecular complexity index is 202. The molecule has 0 saturated heterocycles. The number of carboxylic acids is 1. The number of ether oxygens (including phenoxy) is 1. The average molecular weight is 173 g/mol. The smallest absolute Gasteiger partial charge is 0.354 e. The normalized spacial score (nSPS) is 21.8. The Balaban J connectivity index is 2.36. The van der Waals surface area contributed by atoms with Gasteiger partial charge in [-0.05, 0) is 13.0 Å². The lowest BCUT2D eigenvalue weighted by Gasteiger charge is -2.05. The number of aliphatic carboxylic acids is 1. The lowest BCUT2D eigenvalue weighted by molar-refractivity contribution is -0.134. The van der Waals surface area contributed by atoms with Gasteiger partial charge in [-0.15, -0.1) is 0 Å². The summed E-state index contributed by atoms with van der Waals surface area (Å²) in [5.41, 5.74) is 2.37. The summed E-state index contributed by atoms with van der Waals surface area (Å²) in [6.07, 6.45) is 1.19. The van der Waals surface area contributed by atoms with Crippen LogP contribution in [0.3, 0.4) is 0 Å². The molecule has 1 rings (SSSR count). The largest absolute Gasteiger partial charge is 0.477 e. The summed E-state index contributed by atoms with van der Waals surface area (Å²) in [6.45, 7) is 2.83. The molecule has 0 saturated carbocycles. The molecule has 1 unspecified atom stereocenters. The fourth-order valence-electron chi connectivity index (χ4n) is 0.824. The van der Waals surface area contributed by atoms with Crippen LogP contribution in [-0.4, -0.2) is 30.4 Å². The molecule has 1 aliphatic rings. The third-order valence-electron chi connectivity index (χ3n) is 1.39. The summed E-state index contributed by atoms with van der Waals surface area (Å²) in [4.78, 5) is 15.2. The van der Waals surface area contributed by atoms with Gasteiger partial charge in [0.15, 0.2) is 0 Å². The third kappa shape index (κ3) is 2.21. The second kappa shape index (κ2) is 4.08. The van der Waals surface area contributed by atoms with E-state index in [9.17, 15) is 4.79 Å². The van der Waals surface area contributed by atoms with Crippen molar-refractivity contribution in [1.82, 2.24) is 5.48 Å². The summed E-state index contributed by atoms with van der Waals surface area (Å²) in [6, 6.07) is 0. The SMILES string of the molecule is CCOCC1C=C(C(=O)O)NO1. The quantitative estimate of drug-likeness (QED) is 0.621. The lowest BCUT2D eigenvalue weighted by Crippen LogP contribution is -2.19. The maximum absolute atomic E-state index is 10.4. The van der Waals surface area contributed by atoms with Crippen molar-refractivity contribution in [3.63, 3.8) is 0 Å². The Morgan fingerprint density at radius 2 is 2.67 bits per heavy atom. The summed E-state index contributed by atoms with van der Waals surface area (Å²) < 4.78 is 5.04. The van der Waals surface area contributed by atoms with E-state index in [4.69, 9.17) is 14.7 Å². The number of hydrogen-bond donors (Lipinski definition) is 2. The van der Waals surface area contributed by atoms with Crippen LogP contribution in [0, 0.1) is 0 Å². The molecule has 0 amide bonds. The van der Waals surface area contributed by atoms with Crippen LogP contribution in [-0.2, 0) is 14.4 Å². The summed E-state index contributed by atoms with van der Waals surface area (Å²) in [5.74, 6) is -1.02. The van der Waals surface area contributed by atoms with Gasteiger partial charge in [0, 0.05) is 6.61 Å². The van der Waals surface area contributed by atoms with Crippen LogP contribution in [0.2, 0.25) is 0 Å². The van der Waals surface area contributed by atoms with Crippen LogP contribution in [0.5, 0.6) is 0 Å². The maximum Gasteiger partial charge on any atom is 0.354 e. The van der Waals surface area contributed by atoms with Gasteiger partial charge in [0.25, 0.3) is 0 Å². The minimum atomic E-state index is -1.02. The number of carbonyl (C=O) groups is 1. The zero-order valence-electron chi connectivity index (χ0n) is 6.74. The number of hydrogen-bond acceptors (Lipinski definition) is 4. The first-order valence-corrected chi connectivity index (χ1v) is 3.68. The first-order valence-electron chi connectivity index (χ1n) is 3.68. The van der Waals surface area contributed by atoms with E-state index in [1.165, 1.54) is 6.08 Å². The van der Waals surface area contributed by atoms with Crippen LogP contribution in [0.4, 0.5) is 0 Å². The highest BCUT2D eigenvalue weighted by molar-refractivity contribution is 5.86. The monoisotopic (exact) mass is 173 g/mol. The molecule has 0 aliphatic carbocycles. The van der Waals surface area contributed by atoms with Crippen LogP contribution in [0.25, 0.3) is 0 Å². The molecule has 2 N–H and O–H groups in total. The van der Waals surface area contributed by atoms with E-state index in [0.29, 0.717) is 13.2 Å². The lowest BCUT2D eigenvalue weighted by atomic mass is 10.3. The van der Waals surface area contributed by atoms with E-state index in [0.717, 1.165) is 0 Å². The molecular formula is C7H11NO4. The number of rotatable bonds is 4. The number of nitrogens with one attached hydrogen (secondary N) is 1. The zero-order valence-corrected chi connectivity index (χ0v) is 6.74. The highest BCUT2D eigenvalue weighted by atomic mass is 16.7. The van der Waals surface area contributed by atoms with Crippen LogP contribution < -0.4 is 5.48 Å². The minimum Gasteiger partial charge on any atom is -0.477 e. The van der Waals surface area contributed by atoms with Crippen LogP contribution in [0.15, 0.2) is 11.8 Å². The van der Waals surface area contributed by atoms with E-state index < -0.39 is 5.97 Å². The fraction of sp³-hybridized carbons (Fsp3) is 0.571. The van der Waals surface area contributed by atoms with Crippen molar-refractivity contribution in [3.8, 4) is 0 Å². The molecule has 0 bridgehead atoms. The Labute approximate surface area is 69.9 Å². The van der Waals surface area contributed by atoms with Crippen molar-refractivity contribution in [2.45, 2.75) is 13.0 Å².